The average Bonchev–Trinajstić information content (AvgIpc) is 2.25. The van der Waals surface area contributed by atoms with Crippen LogP contribution in [0.5, 0.6) is 5.75 Å². The Morgan fingerprint density at radius 2 is 1.78 bits per heavy atom. The van der Waals surface area contributed by atoms with Crippen molar-refractivity contribution >= 4 is 8.32 Å². The maximum absolute atomic E-state index is 9.67. The van der Waals surface area contributed by atoms with Gasteiger partial charge in [0.05, 0.1) is 0 Å². The topological polar surface area (TPSA) is 29.5 Å². The van der Waals surface area contributed by atoms with E-state index in [-0.39, 0.29) is 5.04 Å². The molecule has 0 fully saturated rings. The van der Waals surface area contributed by atoms with Gasteiger partial charge in [0.1, 0.15) is 5.75 Å². The van der Waals surface area contributed by atoms with E-state index < -0.39 is 8.32 Å². The number of rotatable bonds is 5. The van der Waals surface area contributed by atoms with E-state index in [1.165, 1.54) is 0 Å². The van der Waals surface area contributed by atoms with E-state index in [1.807, 2.05) is 18.2 Å². The summed E-state index contributed by atoms with van der Waals surface area (Å²) in [6, 6.07) is 7.53. The molecule has 1 N–H and O–H groups in total. The molecule has 0 heterocycles. The maximum atomic E-state index is 9.67. The van der Waals surface area contributed by atoms with Gasteiger partial charge in [-0.1, -0.05) is 39.0 Å². The first-order valence-corrected chi connectivity index (χ1v) is 9.56. The minimum atomic E-state index is -1.62. The van der Waals surface area contributed by atoms with Gasteiger partial charge in [0.2, 0.25) is 0 Å². The van der Waals surface area contributed by atoms with Crippen molar-refractivity contribution in [2.45, 2.75) is 51.7 Å². The van der Waals surface area contributed by atoms with Crippen LogP contribution in [0.3, 0.4) is 0 Å². The third kappa shape index (κ3) is 4.14. The summed E-state index contributed by atoms with van der Waals surface area (Å²) in [5.41, 5.74) is 1.01. The molecule has 1 aromatic rings. The highest BCUT2D eigenvalue weighted by molar-refractivity contribution is 6.74. The number of hydrogen-bond acceptors (Lipinski definition) is 2. The number of aromatic hydroxyl groups is 1. The predicted octanol–water partition coefficient (Wildman–Crippen LogP) is 4.35. The molecule has 0 amide bonds. The van der Waals surface area contributed by atoms with E-state index in [0.717, 1.165) is 25.0 Å². The average molecular weight is 266 g/mol. The van der Waals surface area contributed by atoms with Crippen LogP contribution in [0.15, 0.2) is 24.3 Å². The SMILES string of the molecule is CC(C)(C)[Si](C)(C)OCCCc1ccccc1O. The van der Waals surface area contributed by atoms with Crippen LogP contribution in [-0.4, -0.2) is 20.0 Å². The lowest BCUT2D eigenvalue weighted by Crippen LogP contribution is -2.41. The highest BCUT2D eigenvalue weighted by Crippen LogP contribution is 2.36. The second-order valence-corrected chi connectivity index (χ2v) is 11.2. The first kappa shape index (κ1) is 15.3. The third-order valence-electron chi connectivity index (χ3n) is 3.85. The zero-order valence-corrected chi connectivity index (χ0v) is 13.3. The van der Waals surface area contributed by atoms with Gasteiger partial charge in [0.25, 0.3) is 0 Å². The Labute approximate surface area is 112 Å². The summed E-state index contributed by atoms with van der Waals surface area (Å²) in [6.07, 6.45) is 1.84. The number of phenolic OH excluding ortho intramolecular Hbond substituents is 1. The van der Waals surface area contributed by atoms with Crippen molar-refractivity contribution in [3.05, 3.63) is 29.8 Å². The first-order chi connectivity index (χ1) is 8.24. The molecule has 0 bridgehead atoms. The summed E-state index contributed by atoms with van der Waals surface area (Å²) < 4.78 is 6.11. The quantitative estimate of drug-likeness (QED) is 0.634. The normalized spacial score (nSPS) is 12.7. The fourth-order valence-electron chi connectivity index (χ4n) is 1.53. The second-order valence-electron chi connectivity index (χ2n) is 6.34. The van der Waals surface area contributed by atoms with E-state index in [0.29, 0.717) is 5.75 Å². The van der Waals surface area contributed by atoms with Crippen molar-refractivity contribution in [2.24, 2.45) is 0 Å². The maximum Gasteiger partial charge on any atom is 0.191 e. The van der Waals surface area contributed by atoms with Gasteiger partial charge in [-0.3, -0.25) is 0 Å². The Morgan fingerprint density at radius 1 is 1.17 bits per heavy atom. The zero-order valence-electron chi connectivity index (χ0n) is 12.3. The van der Waals surface area contributed by atoms with Gasteiger partial charge < -0.3 is 9.53 Å². The lowest BCUT2D eigenvalue weighted by molar-refractivity contribution is 0.282. The molecule has 0 radical (unpaired) electrons. The van der Waals surface area contributed by atoms with E-state index in [4.69, 9.17) is 4.43 Å². The van der Waals surface area contributed by atoms with Crippen molar-refractivity contribution in [3.8, 4) is 5.75 Å². The van der Waals surface area contributed by atoms with Gasteiger partial charge >= 0.3 is 0 Å². The Balaban J connectivity index is 2.38. The Hall–Kier alpha value is -0.803. The van der Waals surface area contributed by atoms with Crippen LogP contribution in [0.2, 0.25) is 18.1 Å². The number of hydrogen-bond donors (Lipinski definition) is 1. The molecule has 102 valence electrons. The molecule has 1 rings (SSSR count). The van der Waals surface area contributed by atoms with Gasteiger partial charge in [-0.15, -0.1) is 0 Å². The molecule has 0 aliphatic rings. The minimum absolute atomic E-state index is 0.266. The fraction of sp³-hybridized carbons (Fsp3) is 0.600. The number of aryl methyl sites for hydroxylation is 1. The van der Waals surface area contributed by atoms with Crippen molar-refractivity contribution < 1.29 is 9.53 Å². The van der Waals surface area contributed by atoms with Gasteiger partial charge in [-0.25, -0.2) is 0 Å². The molecule has 0 aromatic heterocycles. The second kappa shape index (κ2) is 5.89. The van der Waals surface area contributed by atoms with Crippen molar-refractivity contribution in [1.29, 1.82) is 0 Å². The number of para-hydroxylation sites is 1. The molecule has 0 unspecified atom stereocenters. The van der Waals surface area contributed by atoms with E-state index >= 15 is 0 Å². The zero-order chi connectivity index (χ0) is 13.8. The van der Waals surface area contributed by atoms with Crippen LogP contribution < -0.4 is 0 Å². The summed E-state index contributed by atoms with van der Waals surface area (Å²) in [7, 11) is -1.62. The van der Waals surface area contributed by atoms with Crippen LogP contribution in [-0.2, 0) is 10.8 Å². The molecule has 3 heteroatoms. The lowest BCUT2D eigenvalue weighted by Gasteiger charge is -2.36. The smallest absolute Gasteiger partial charge is 0.191 e. The standard InChI is InChI=1S/C15H26O2Si/c1-15(2,3)18(4,5)17-12-8-10-13-9-6-7-11-14(13)16/h6-7,9,11,16H,8,10,12H2,1-5H3. The van der Waals surface area contributed by atoms with E-state index in [1.54, 1.807) is 6.07 Å². The molecule has 2 nitrogen and oxygen atoms in total. The van der Waals surface area contributed by atoms with Gasteiger partial charge in [-0.2, -0.15) is 0 Å². The number of phenols is 1. The summed E-state index contributed by atoms with van der Waals surface area (Å²) in [6.45, 7) is 12.1. The summed E-state index contributed by atoms with van der Waals surface area (Å²) >= 11 is 0. The van der Waals surface area contributed by atoms with Crippen molar-refractivity contribution in [2.75, 3.05) is 6.61 Å². The third-order valence-corrected chi connectivity index (χ3v) is 8.39. The summed E-state index contributed by atoms with van der Waals surface area (Å²) in [4.78, 5) is 0. The van der Waals surface area contributed by atoms with Gasteiger partial charge in [0, 0.05) is 6.61 Å². The number of benzene rings is 1. The van der Waals surface area contributed by atoms with Gasteiger partial charge in [0.15, 0.2) is 8.32 Å². The molecule has 0 spiro atoms. The van der Waals surface area contributed by atoms with Gasteiger partial charge in [-0.05, 0) is 42.6 Å². The van der Waals surface area contributed by atoms with E-state index in [2.05, 4.69) is 33.9 Å². The molecule has 0 aliphatic carbocycles. The highest BCUT2D eigenvalue weighted by atomic mass is 28.4. The Kier molecular flexibility index (Phi) is 4.99. The van der Waals surface area contributed by atoms with Crippen LogP contribution >= 0.6 is 0 Å². The Bertz CT molecular complexity index is 380. The van der Waals surface area contributed by atoms with Crippen LogP contribution in [0, 0.1) is 0 Å². The molecule has 1 aromatic carbocycles. The van der Waals surface area contributed by atoms with Crippen LogP contribution in [0.4, 0.5) is 0 Å². The summed E-state index contributed by atoms with van der Waals surface area (Å²) in [5, 5.41) is 9.93. The van der Waals surface area contributed by atoms with Crippen LogP contribution in [0.25, 0.3) is 0 Å². The molecule has 18 heavy (non-hydrogen) atoms. The van der Waals surface area contributed by atoms with Crippen molar-refractivity contribution in [3.63, 3.8) is 0 Å². The molecule has 0 atom stereocenters. The molecule has 0 saturated carbocycles. The molecular formula is C15H26O2Si. The predicted molar refractivity (Wildman–Crippen MR) is 79.6 cm³/mol. The lowest BCUT2D eigenvalue weighted by atomic mass is 10.1. The molecular weight excluding hydrogens is 240 g/mol. The largest absolute Gasteiger partial charge is 0.508 e. The Morgan fingerprint density at radius 3 is 2.33 bits per heavy atom. The summed E-state index contributed by atoms with van der Waals surface area (Å²) in [5.74, 6) is 0.393. The molecule has 0 aliphatic heterocycles. The van der Waals surface area contributed by atoms with Crippen molar-refractivity contribution in [1.82, 2.24) is 0 Å². The van der Waals surface area contributed by atoms with Crippen LogP contribution in [0.1, 0.15) is 32.8 Å². The first-order valence-electron chi connectivity index (χ1n) is 6.65. The highest BCUT2D eigenvalue weighted by Gasteiger charge is 2.36. The molecule has 0 saturated heterocycles. The van der Waals surface area contributed by atoms with E-state index in [9.17, 15) is 5.11 Å². The minimum Gasteiger partial charge on any atom is -0.508 e. The fourth-order valence-corrected chi connectivity index (χ4v) is 2.62. The monoisotopic (exact) mass is 266 g/mol.